The molecule has 0 amide bonds. The van der Waals surface area contributed by atoms with Crippen molar-refractivity contribution < 1.29 is 9.53 Å². The topological polar surface area (TPSA) is 26.3 Å². The van der Waals surface area contributed by atoms with Crippen molar-refractivity contribution in [2.24, 2.45) is 5.92 Å². The normalized spacial score (nSPS) is 26.0. The van der Waals surface area contributed by atoms with Crippen LogP contribution in [0.4, 0.5) is 0 Å². The Bertz CT molecular complexity index is 1770. The molecule has 0 spiro atoms. The molecule has 3 heteroatoms. The van der Waals surface area contributed by atoms with Gasteiger partial charge in [0.1, 0.15) is 8.07 Å². The van der Waals surface area contributed by atoms with Crippen molar-refractivity contribution in [1.82, 2.24) is 0 Å². The van der Waals surface area contributed by atoms with Gasteiger partial charge in [-0.25, -0.2) is 0 Å². The number of hydrogen-bond acceptors (Lipinski definition) is 2. The molecule has 0 N–H and O–H groups in total. The van der Waals surface area contributed by atoms with Gasteiger partial charge in [0, 0.05) is 10.1 Å². The van der Waals surface area contributed by atoms with E-state index in [4.69, 9.17) is 4.74 Å². The van der Waals surface area contributed by atoms with E-state index in [1.165, 1.54) is 38.6 Å². The molecule has 0 saturated carbocycles. The molecule has 4 atom stereocenters. The summed E-state index contributed by atoms with van der Waals surface area (Å²) in [6.45, 7) is 4.84. The number of benzene rings is 5. The van der Waals surface area contributed by atoms with Gasteiger partial charge in [0.15, 0.2) is 0 Å². The summed E-state index contributed by atoms with van der Waals surface area (Å²) in [6, 6.07) is 54.8. The molecule has 4 unspecified atom stereocenters. The van der Waals surface area contributed by atoms with Crippen LogP contribution in [0.5, 0.6) is 0 Å². The van der Waals surface area contributed by atoms with Gasteiger partial charge in [-0.05, 0) is 46.7 Å². The van der Waals surface area contributed by atoms with Crippen molar-refractivity contribution >= 4 is 30.4 Å². The number of hydrogen-bond donors (Lipinski definition) is 0. The third-order valence-corrected chi connectivity index (χ3v) is 16.7. The molecule has 212 valence electrons. The second-order valence-corrected chi connectivity index (χ2v) is 16.4. The lowest BCUT2D eigenvalue weighted by Gasteiger charge is -2.47. The Balaban J connectivity index is 1.76. The van der Waals surface area contributed by atoms with E-state index < -0.39 is 18.2 Å². The van der Waals surface area contributed by atoms with Crippen LogP contribution < -0.4 is 5.19 Å². The van der Waals surface area contributed by atoms with Gasteiger partial charge in [-0.3, -0.25) is 4.79 Å². The fraction of sp³-hybridized carbons (Fsp3) is 0.175. The Labute approximate surface area is 255 Å². The van der Waals surface area contributed by atoms with Crippen LogP contribution in [0, 0.1) is 5.92 Å². The average Bonchev–Trinajstić information content (AvgIpc) is 3.45. The maximum atomic E-state index is 14.5. The molecule has 2 aliphatic heterocycles. The van der Waals surface area contributed by atoms with E-state index in [9.17, 15) is 4.79 Å². The van der Waals surface area contributed by atoms with Crippen molar-refractivity contribution in [3.63, 3.8) is 0 Å². The zero-order chi connectivity index (χ0) is 29.5. The molecule has 43 heavy (non-hydrogen) atoms. The second-order valence-electron chi connectivity index (χ2n) is 11.9. The SMILES string of the molecule is CCOC(=O)C1CC2(c3ccccc3)C(c3ccccc3)=C(c3ccccc3)C1(c1ccccc1)[Si]2(C)c1ccccc1. The Kier molecular flexibility index (Phi) is 6.79. The van der Waals surface area contributed by atoms with Gasteiger partial charge in [-0.1, -0.05) is 163 Å². The van der Waals surface area contributed by atoms with Crippen molar-refractivity contribution in [2.75, 3.05) is 6.61 Å². The summed E-state index contributed by atoms with van der Waals surface area (Å²) in [5.74, 6) is -0.450. The largest absolute Gasteiger partial charge is 0.466 e. The highest BCUT2D eigenvalue weighted by molar-refractivity contribution is 7.01. The van der Waals surface area contributed by atoms with Crippen LogP contribution in [0.15, 0.2) is 152 Å². The Morgan fingerprint density at radius 2 is 1.09 bits per heavy atom. The molecule has 0 aromatic heterocycles. The van der Waals surface area contributed by atoms with Crippen molar-refractivity contribution in [2.45, 2.75) is 30.0 Å². The summed E-state index contributed by atoms with van der Waals surface area (Å²) in [4.78, 5) is 14.5. The van der Waals surface area contributed by atoms with E-state index >= 15 is 0 Å². The van der Waals surface area contributed by atoms with Crippen LogP contribution in [0.1, 0.15) is 35.6 Å². The van der Waals surface area contributed by atoms with Gasteiger partial charge in [-0.2, -0.15) is 0 Å². The number of carbonyl (C=O) groups is 1. The van der Waals surface area contributed by atoms with Crippen molar-refractivity contribution in [3.05, 3.63) is 174 Å². The van der Waals surface area contributed by atoms with Gasteiger partial charge in [-0.15, -0.1) is 0 Å². The van der Waals surface area contributed by atoms with E-state index in [2.05, 4.69) is 158 Å². The molecular formula is C40H36O2Si. The Morgan fingerprint density at radius 1 is 0.651 bits per heavy atom. The number of fused-ring (bicyclic) bond motifs is 2. The first kappa shape index (κ1) is 27.4. The zero-order valence-electron chi connectivity index (χ0n) is 24.7. The molecule has 2 bridgehead atoms. The van der Waals surface area contributed by atoms with E-state index in [0.717, 1.165) is 0 Å². The quantitative estimate of drug-likeness (QED) is 0.144. The minimum absolute atomic E-state index is 0.0978. The number of allylic oxidation sites excluding steroid dienone is 2. The van der Waals surface area contributed by atoms with Crippen LogP contribution in [0.2, 0.25) is 6.55 Å². The highest BCUT2D eigenvalue weighted by atomic mass is 28.3. The number of esters is 1. The maximum absolute atomic E-state index is 14.5. The molecule has 2 aliphatic rings. The molecule has 7 rings (SSSR count). The fourth-order valence-electron chi connectivity index (χ4n) is 8.86. The number of carbonyl (C=O) groups excluding carboxylic acids is 1. The molecule has 5 aromatic carbocycles. The summed E-state index contributed by atoms with van der Waals surface area (Å²) in [6.07, 6.45) is 0.697. The lowest BCUT2D eigenvalue weighted by molar-refractivity contribution is -0.149. The predicted octanol–water partition coefficient (Wildman–Crippen LogP) is 8.13. The Morgan fingerprint density at radius 3 is 1.60 bits per heavy atom. The highest BCUT2D eigenvalue weighted by Crippen LogP contribution is 2.75. The number of ether oxygens (including phenoxy) is 1. The van der Waals surface area contributed by atoms with Gasteiger partial charge < -0.3 is 4.74 Å². The van der Waals surface area contributed by atoms with Gasteiger partial charge in [0.25, 0.3) is 0 Å². The molecule has 5 aromatic rings. The van der Waals surface area contributed by atoms with E-state index in [0.29, 0.717) is 13.0 Å². The monoisotopic (exact) mass is 576 g/mol. The summed E-state index contributed by atoms with van der Waals surface area (Å²) >= 11 is 0. The molecule has 1 fully saturated rings. The lowest BCUT2D eigenvalue weighted by atomic mass is 9.63. The van der Waals surface area contributed by atoms with Crippen molar-refractivity contribution in [1.29, 1.82) is 0 Å². The third kappa shape index (κ3) is 3.68. The summed E-state index contributed by atoms with van der Waals surface area (Å²) < 4.78 is 6.02. The first-order valence-corrected chi connectivity index (χ1v) is 17.8. The number of rotatable bonds is 7. The minimum atomic E-state index is -2.86. The van der Waals surface area contributed by atoms with Crippen molar-refractivity contribution in [3.8, 4) is 0 Å². The summed E-state index contributed by atoms with van der Waals surface area (Å²) in [5.41, 5.74) is 7.51. The van der Waals surface area contributed by atoms with Crippen LogP contribution in [0.25, 0.3) is 11.1 Å². The highest BCUT2D eigenvalue weighted by Gasteiger charge is 2.80. The minimum Gasteiger partial charge on any atom is -0.466 e. The molecule has 1 saturated heterocycles. The predicted molar refractivity (Wildman–Crippen MR) is 178 cm³/mol. The summed E-state index contributed by atoms with van der Waals surface area (Å²) in [5, 5.41) is 0.355. The molecule has 2 nitrogen and oxygen atoms in total. The first-order valence-electron chi connectivity index (χ1n) is 15.3. The van der Waals surface area contributed by atoms with Crippen LogP contribution in [0.3, 0.4) is 0 Å². The Hall–Kier alpha value is -4.47. The zero-order valence-corrected chi connectivity index (χ0v) is 25.7. The van der Waals surface area contributed by atoms with Gasteiger partial charge in [0.2, 0.25) is 0 Å². The van der Waals surface area contributed by atoms with Gasteiger partial charge in [0.05, 0.1) is 12.5 Å². The molecule has 0 aliphatic carbocycles. The maximum Gasteiger partial charge on any atom is 0.309 e. The average molecular weight is 577 g/mol. The summed E-state index contributed by atoms with van der Waals surface area (Å²) in [7, 11) is -2.86. The molecule has 0 radical (unpaired) electrons. The van der Waals surface area contributed by atoms with E-state index in [1.54, 1.807) is 0 Å². The van der Waals surface area contributed by atoms with Crippen LogP contribution >= 0.6 is 0 Å². The third-order valence-electron chi connectivity index (χ3n) is 10.3. The van der Waals surface area contributed by atoms with Crippen LogP contribution in [-0.2, 0) is 19.6 Å². The standard InChI is InChI=1S/C40H36O2Si/c1-3-42-38(41)35-29-39(32-23-13-6-14-24-32)36(30-19-9-4-10-20-30)37(31-21-11-5-12-22-31)40(35,33-25-15-7-16-26-33)43(39,2)34-27-17-8-18-28-34/h4-28,35H,3,29H2,1-2H3. The fourth-order valence-corrected chi connectivity index (χ4v) is 15.9. The second kappa shape index (κ2) is 10.7. The van der Waals surface area contributed by atoms with E-state index in [1.807, 2.05) is 6.92 Å². The molecular weight excluding hydrogens is 541 g/mol. The van der Waals surface area contributed by atoms with Crippen LogP contribution in [-0.4, -0.2) is 20.7 Å². The molecule has 2 heterocycles. The van der Waals surface area contributed by atoms with E-state index in [-0.39, 0.29) is 11.9 Å². The smallest absolute Gasteiger partial charge is 0.309 e. The lowest BCUT2D eigenvalue weighted by Crippen LogP contribution is -2.67. The van der Waals surface area contributed by atoms with Gasteiger partial charge >= 0.3 is 5.97 Å². The first-order chi connectivity index (χ1) is 21.1.